The summed E-state index contributed by atoms with van der Waals surface area (Å²) in [5.41, 5.74) is 1.92. The Bertz CT molecular complexity index is 934. The first-order valence-corrected chi connectivity index (χ1v) is 12.2. The van der Waals surface area contributed by atoms with E-state index in [4.69, 9.17) is 0 Å². The third-order valence-corrected chi connectivity index (χ3v) is 7.52. The summed E-state index contributed by atoms with van der Waals surface area (Å²) in [5, 5.41) is 3.38. The number of carbonyl (C=O) groups is 3. The summed E-state index contributed by atoms with van der Waals surface area (Å²) in [4.78, 5) is 45.0. The summed E-state index contributed by atoms with van der Waals surface area (Å²) >= 11 is 3.01. The van der Waals surface area contributed by atoms with E-state index in [2.05, 4.69) is 10.3 Å². The van der Waals surface area contributed by atoms with Gasteiger partial charge < -0.3 is 5.32 Å². The van der Waals surface area contributed by atoms with Gasteiger partial charge in [0.15, 0.2) is 5.13 Å². The molecule has 1 aliphatic heterocycles. The molecule has 2 heterocycles. The van der Waals surface area contributed by atoms with Gasteiger partial charge in [-0.05, 0) is 49.8 Å². The first kappa shape index (κ1) is 20.3. The van der Waals surface area contributed by atoms with Crippen LogP contribution in [0.25, 0.3) is 10.2 Å². The minimum Gasteiger partial charge on any atom is -0.300 e. The maximum absolute atomic E-state index is 13.2. The van der Waals surface area contributed by atoms with Gasteiger partial charge in [-0.1, -0.05) is 36.3 Å². The Kier molecular flexibility index (Phi) is 5.92. The molecule has 3 amide bonds. The van der Waals surface area contributed by atoms with Crippen LogP contribution in [0, 0.1) is 18.8 Å². The van der Waals surface area contributed by atoms with E-state index in [9.17, 15) is 14.4 Å². The maximum atomic E-state index is 13.2. The molecule has 3 atom stereocenters. The Hall–Kier alpha value is -1.93. The molecule has 1 aliphatic carbocycles. The number of nitrogens with one attached hydrogen (secondary N) is 1. The van der Waals surface area contributed by atoms with Crippen molar-refractivity contribution in [2.75, 3.05) is 17.3 Å². The quantitative estimate of drug-likeness (QED) is 0.703. The van der Waals surface area contributed by atoms with Gasteiger partial charge in [-0.15, -0.1) is 0 Å². The predicted octanol–water partition coefficient (Wildman–Crippen LogP) is 3.84. The molecule has 0 radical (unpaired) electrons. The van der Waals surface area contributed by atoms with Gasteiger partial charge in [-0.25, -0.2) is 4.98 Å². The molecule has 8 heteroatoms. The van der Waals surface area contributed by atoms with E-state index >= 15 is 0 Å². The van der Waals surface area contributed by atoms with Crippen LogP contribution in [-0.4, -0.2) is 45.7 Å². The van der Waals surface area contributed by atoms with Crippen LogP contribution >= 0.6 is 23.1 Å². The van der Waals surface area contributed by atoms with E-state index in [0.717, 1.165) is 41.5 Å². The summed E-state index contributed by atoms with van der Waals surface area (Å²) in [6, 6.07) is 5.14. The standard InChI is InChI=1S/C21H25N3O3S2/c1-12-6-5-9-16-17(12)22-21(29-16)23-18(25)15(10-11-28-2)24-19(26)13-7-3-4-8-14(13)20(24)27/h5-6,9,13-15H,3-4,7-8,10-11H2,1-2H3,(H,22,23,25). The van der Waals surface area contributed by atoms with Gasteiger partial charge in [0.1, 0.15) is 6.04 Å². The minimum atomic E-state index is -0.777. The van der Waals surface area contributed by atoms with Crippen LogP contribution < -0.4 is 5.32 Å². The van der Waals surface area contributed by atoms with E-state index in [-0.39, 0.29) is 29.6 Å². The third kappa shape index (κ3) is 3.80. The summed E-state index contributed by atoms with van der Waals surface area (Å²) in [6.45, 7) is 1.98. The zero-order valence-electron chi connectivity index (χ0n) is 16.6. The number of benzene rings is 1. The summed E-state index contributed by atoms with van der Waals surface area (Å²) < 4.78 is 1.00. The molecule has 6 nitrogen and oxygen atoms in total. The summed E-state index contributed by atoms with van der Waals surface area (Å²) in [5.74, 6) is -0.446. The molecule has 154 valence electrons. The first-order valence-electron chi connectivity index (χ1n) is 10.0. The number of aryl methyl sites for hydroxylation is 1. The molecule has 4 rings (SSSR count). The van der Waals surface area contributed by atoms with Gasteiger partial charge in [0, 0.05) is 0 Å². The van der Waals surface area contributed by atoms with Gasteiger partial charge >= 0.3 is 0 Å². The molecule has 29 heavy (non-hydrogen) atoms. The van der Waals surface area contributed by atoms with E-state index in [1.54, 1.807) is 11.8 Å². The molecule has 3 unspecified atom stereocenters. The highest BCUT2D eigenvalue weighted by Gasteiger charge is 2.51. The molecule has 2 aromatic rings. The molecular weight excluding hydrogens is 406 g/mol. The number of amides is 3. The van der Waals surface area contributed by atoms with Gasteiger partial charge in [0.05, 0.1) is 22.1 Å². The minimum absolute atomic E-state index is 0.166. The molecule has 1 N–H and O–H groups in total. The van der Waals surface area contributed by atoms with E-state index in [1.165, 1.54) is 16.2 Å². The smallest absolute Gasteiger partial charge is 0.249 e. The zero-order chi connectivity index (χ0) is 20.5. The normalized spacial score (nSPS) is 22.8. The number of fused-ring (bicyclic) bond motifs is 2. The van der Waals surface area contributed by atoms with Crippen LogP contribution in [0.4, 0.5) is 5.13 Å². The van der Waals surface area contributed by atoms with Crippen LogP contribution in [-0.2, 0) is 14.4 Å². The Morgan fingerprint density at radius 2 is 1.97 bits per heavy atom. The lowest BCUT2D eigenvalue weighted by Crippen LogP contribution is -2.48. The number of aromatic nitrogens is 1. The fraction of sp³-hybridized carbons (Fsp3) is 0.524. The lowest BCUT2D eigenvalue weighted by molar-refractivity contribution is -0.146. The Morgan fingerprint density at radius 1 is 1.28 bits per heavy atom. The molecule has 1 saturated heterocycles. The van der Waals surface area contributed by atoms with Crippen molar-refractivity contribution in [1.29, 1.82) is 0 Å². The van der Waals surface area contributed by atoms with Crippen LogP contribution in [0.15, 0.2) is 18.2 Å². The van der Waals surface area contributed by atoms with Crippen molar-refractivity contribution in [3.05, 3.63) is 23.8 Å². The third-order valence-electron chi connectivity index (χ3n) is 5.94. The number of hydrogen-bond donors (Lipinski definition) is 1. The number of likely N-dealkylation sites (tertiary alicyclic amines) is 1. The second-order valence-electron chi connectivity index (χ2n) is 7.77. The SMILES string of the molecule is CSCCC(C(=O)Nc1nc2c(C)cccc2s1)N1C(=O)C2CCCCC2C1=O. The highest BCUT2D eigenvalue weighted by Crippen LogP contribution is 2.39. The molecule has 0 bridgehead atoms. The first-order chi connectivity index (χ1) is 14.0. The monoisotopic (exact) mass is 431 g/mol. The van der Waals surface area contributed by atoms with Crippen molar-refractivity contribution in [2.24, 2.45) is 11.8 Å². The molecule has 0 spiro atoms. The summed E-state index contributed by atoms with van der Waals surface area (Å²) in [6.07, 6.45) is 5.85. The molecule has 1 saturated carbocycles. The molecule has 1 aromatic heterocycles. The van der Waals surface area contributed by atoms with Crippen molar-refractivity contribution in [3.63, 3.8) is 0 Å². The van der Waals surface area contributed by atoms with Crippen molar-refractivity contribution >= 4 is 56.2 Å². The van der Waals surface area contributed by atoms with Crippen LogP contribution in [0.1, 0.15) is 37.7 Å². The average molecular weight is 432 g/mol. The number of para-hydroxylation sites is 1. The van der Waals surface area contributed by atoms with Crippen LogP contribution in [0.5, 0.6) is 0 Å². The van der Waals surface area contributed by atoms with Crippen molar-refractivity contribution < 1.29 is 14.4 Å². The van der Waals surface area contributed by atoms with Gasteiger partial charge in [0.25, 0.3) is 0 Å². The van der Waals surface area contributed by atoms with Crippen molar-refractivity contribution in [1.82, 2.24) is 9.88 Å². The number of hydrogen-bond acceptors (Lipinski definition) is 6. The second-order valence-corrected chi connectivity index (χ2v) is 9.79. The highest BCUT2D eigenvalue weighted by molar-refractivity contribution is 7.98. The van der Waals surface area contributed by atoms with Crippen LogP contribution in [0.2, 0.25) is 0 Å². The number of nitrogens with zero attached hydrogens (tertiary/aromatic N) is 2. The highest BCUT2D eigenvalue weighted by atomic mass is 32.2. The van der Waals surface area contributed by atoms with Crippen LogP contribution in [0.3, 0.4) is 0 Å². The Morgan fingerprint density at radius 3 is 2.59 bits per heavy atom. The molecular formula is C21H25N3O3S2. The van der Waals surface area contributed by atoms with E-state index in [1.807, 2.05) is 31.4 Å². The molecule has 2 aliphatic rings. The number of anilines is 1. The van der Waals surface area contributed by atoms with Crippen molar-refractivity contribution in [2.45, 2.75) is 45.1 Å². The molecule has 1 aromatic carbocycles. The van der Waals surface area contributed by atoms with E-state index < -0.39 is 6.04 Å². The largest absolute Gasteiger partial charge is 0.300 e. The number of thiazole rings is 1. The average Bonchev–Trinajstić information content (AvgIpc) is 3.23. The fourth-order valence-corrected chi connectivity index (χ4v) is 5.84. The van der Waals surface area contributed by atoms with E-state index in [0.29, 0.717) is 17.3 Å². The Labute approximate surface area is 178 Å². The summed E-state index contributed by atoms with van der Waals surface area (Å²) in [7, 11) is 0. The number of rotatable bonds is 6. The molecule has 2 fully saturated rings. The Balaban J connectivity index is 1.58. The number of thioether (sulfide) groups is 1. The number of carbonyl (C=O) groups excluding carboxylic acids is 3. The van der Waals surface area contributed by atoms with Gasteiger partial charge in [0.2, 0.25) is 17.7 Å². The second kappa shape index (κ2) is 8.44. The zero-order valence-corrected chi connectivity index (χ0v) is 18.3. The van der Waals surface area contributed by atoms with Crippen molar-refractivity contribution in [3.8, 4) is 0 Å². The topological polar surface area (TPSA) is 79.4 Å². The predicted molar refractivity (Wildman–Crippen MR) is 117 cm³/mol. The van der Waals surface area contributed by atoms with Gasteiger partial charge in [-0.3, -0.25) is 19.3 Å². The lowest BCUT2D eigenvalue weighted by atomic mass is 9.81. The fourth-order valence-electron chi connectivity index (χ4n) is 4.43. The maximum Gasteiger partial charge on any atom is 0.249 e. The lowest BCUT2D eigenvalue weighted by Gasteiger charge is -2.25. The number of imide groups is 1. The van der Waals surface area contributed by atoms with Gasteiger partial charge in [-0.2, -0.15) is 11.8 Å².